The van der Waals surface area contributed by atoms with Crippen molar-refractivity contribution in [3.05, 3.63) is 70.0 Å². The van der Waals surface area contributed by atoms with E-state index in [1.165, 1.54) is 37.8 Å². The van der Waals surface area contributed by atoms with Crippen molar-refractivity contribution >= 4 is 11.6 Å². The van der Waals surface area contributed by atoms with Gasteiger partial charge in [0.1, 0.15) is 12.4 Å². The van der Waals surface area contributed by atoms with Crippen molar-refractivity contribution in [3.8, 4) is 11.5 Å². The number of halogens is 2. The summed E-state index contributed by atoms with van der Waals surface area (Å²) < 4.78 is 24.9. The highest BCUT2D eigenvalue weighted by atomic mass is 35.5. The van der Waals surface area contributed by atoms with E-state index >= 15 is 0 Å². The van der Waals surface area contributed by atoms with E-state index in [1.807, 2.05) is 25.1 Å². The second-order valence-electron chi connectivity index (χ2n) is 7.27. The molecular formula is C24H29ClFNO2. The summed E-state index contributed by atoms with van der Waals surface area (Å²) in [6.07, 6.45) is 8.67. The molecule has 3 nitrogen and oxygen atoms in total. The zero-order valence-electron chi connectivity index (χ0n) is 17.0. The third kappa shape index (κ3) is 6.76. The average Bonchev–Trinajstić information content (AvgIpc) is 2.73. The molecule has 1 N–H and O–H groups in total. The van der Waals surface area contributed by atoms with Gasteiger partial charge in [0.25, 0.3) is 0 Å². The van der Waals surface area contributed by atoms with Gasteiger partial charge in [-0.2, -0.15) is 0 Å². The van der Waals surface area contributed by atoms with Gasteiger partial charge in [-0.25, -0.2) is 4.39 Å². The zero-order valence-corrected chi connectivity index (χ0v) is 17.7. The Kier molecular flexibility index (Phi) is 8.38. The molecule has 0 atom stereocenters. The van der Waals surface area contributed by atoms with Crippen molar-refractivity contribution < 1.29 is 13.9 Å². The van der Waals surface area contributed by atoms with Crippen molar-refractivity contribution in [2.45, 2.75) is 52.2 Å². The van der Waals surface area contributed by atoms with Crippen LogP contribution in [0.25, 0.3) is 0 Å². The molecule has 0 radical (unpaired) electrons. The number of allylic oxidation sites excluding steroid dienone is 1. The summed E-state index contributed by atoms with van der Waals surface area (Å²) in [5.41, 5.74) is 3.47. The Balaban J connectivity index is 1.55. The Bertz CT molecular complexity index is 838. The topological polar surface area (TPSA) is 30.5 Å². The molecule has 5 heteroatoms. The molecule has 0 amide bonds. The molecule has 0 saturated carbocycles. The first-order valence-electron chi connectivity index (χ1n) is 10.4. The number of rotatable bonds is 10. The van der Waals surface area contributed by atoms with Crippen LogP contribution in [0.2, 0.25) is 5.02 Å². The zero-order chi connectivity index (χ0) is 20.5. The van der Waals surface area contributed by atoms with Crippen LogP contribution in [0.1, 0.15) is 50.2 Å². The molecular weight excluding hydrogens is 389 g/mol. The van der Waals surface area contributed by atoms with Crippen molar-refractivity contribution in [3.63, 3.8) is 0 Å². The van der Waals surface area contributed by atoms with Gasteiger partial charge in [-0.15, -0.1) is 0 Å². The van der Waals surface area contributed by atoms with Crippen LogP contribution >= 0.6 is 11.6 Å². The van der Waals surface area contributed by atoms with Gasteiger partial charge in [-0.3, -0.25) is 0 Å². The third-order valence-corrected chi connectivity index (χ3v) is 5.40. The molecule has 0 aromatic heterocycles. The van der Waals surface area contributed by atoms with Crippen LogP contribution in [0.5, 0.6) is 11.5 Å². The van der Waals surface area contributed by atoms with Gasteiger partial charge in [0, 0.05) is 12.1 Å². The number of hydrogen-bond donors (Lipinski definition) is 1. The van der Waals surface area contributed by atoms with Gasteiger partial charge in [0.15, 0.2) is 11.5 Å². The van der Waals surface area contributed by atoms with Crippen molar-refractivity contribution in [1.29, 1.82) is 0 Å². The van der Waals surface area contributed by atoms with E-state index in [4.69, 9.17) is 21.1 Å². The van der Waals surface area contributed by atoms with Crippen LogP contribution in [0, 0.1) is 5.82 Å². The fourth-order valence-corrected chi connectivity index (χ4v) is 3.68. The summed E-state index contributed by atoms with van der Waals surface area (Å²) in [7, 11) is 0. The maximum Gasteiger partial charge on any atom is 0.161 e. The first-order chi connectivity index (χ1) is 14.2. The minimum absolute atomic E-state index is 0.256. The largest absolute Gasteiger partial charge is 0.490 e. The van der Waals surface area contributed by atoms with Crippen LogP contribution in [-0.2, 0) is 13.2 Å². The molecule has 3 rings (SSSR count). The van der Waals surface area contributed by atoms with Crippen LogP contribution in [0.15, 0.2) is 48.0 Å². The van der Waals surface area contributed by atoms with E-state index < -0.39 is 0 Å². The Morgan fingerprint density at radius 3 is 2.72 bits per heavy atom. The fraction of sp³-hybridized carbons (Fsp3) is 0.417. The lowest BCUT2D eigenvalue weighted by atomic mass is 9.97. The smallest absolute Gasteiger partial charge is 0.161 e. The number of benzene rings is 2. The highest BCUT2D eigenvalue weighted by Gasteiger charge is 2.09. The molecule has 0 unspecified atom stereocenters. The standard InChI is InChI=1S/C24H29ClFNO2/c1-2-28-24-14-19(16-27-13-12-18-6-4-3-5-7-18)8-11-23(24)29-17-20-9-10-21(26)15-22(20)25/h6,8-11,14-15,27H,2-5,7,12-13,16-17H2,1H3. The van der Waals surface area contributed by atoms with Crippen molar-refractivity contribution in [2.75, 3.05) is 13.2 Å². The molecule has 1 aliphatic carbocycles. The third-order valence-electron chi connectivity index (χ3n) is 5.04. The van der Waals surface area contributed by atoms with Gasteiger partial charge in [-0.1, -0.05) is 35.4 Å². The summed E-state index contributed by atoms with van der Waals surface area (Å²) in [6, 6.07) is 10.3. The Morgan fingerprint density at radius 2 is 1.97 bits per heavy atom. The van der Waals surface area contributed by atoms with E-state index in [1.54, 1.807) is 11.6 Å². The minimum atomic E-state index is -0.356. The van der Waals surface area contributed by atoms with E-state index in [0.717, 1.165) is 30.6 Å². The molecule has 0 aliphatic heterocycles. The first kappa shape index (κ1) is 21.7. The van der Waals surface area contributed by atoms with Crippen LogP contribution in [-0.4, -0.2) is 13.2 Å². The Morgan fingerprint density at radius 1 is 1.07 bits per heavy atom. The maximum atomic E-state index is 13.2. The molecule has 0 spiro atoms. The molecule has 2 aromatic rings. The highest BCUT2D eigenvalue weighted by Crippen LogP contribution is 2.30. The van der Waals surface area contributed by atoms with E-state index in [0.29, 0.717) is 23.1 Å². The summed E-state index contributed by atoms with van der Waals surface area (Å²) in [6.45, 7) is 4.53. The Labute approximate surface area is 177 Å². The summed E-state index contributed by atoms with van der Waals surface area (Å²) in [5.74, 6) is 1.01. The molecule has 0 fully saturated rings. The van der Waals surface area contributed by atoms with Gasteiger partial charge in [0.05, 0.1) is 11.6 Å². The quantitative estimate of drug-likeness (QED) is 0.356. The van der Waals surface area contributed by atoms with E-state index in [9.17, 15) is 4.39 Å². The van der Waals surface area contributed by atoms with E-state index in [2.05, 4.69) is 11.4 Å². The minimum Gasteiger partial charge on any atom is -0.490 e. The van der Waals surface area contributed by atoms with Gasteiger partial charge >= 0.3 is 0 Å². The second kappa shape index (κ2) is 11.2. The molecule has 29 heavy (non-hydrogen) atoms. The predicted octanol–water partition coefficient (Wildman–Crippen LogP) is 6.44. The van der Waals surface area contributed by atoms with Crippen LogP contribution in [0.4, 0.5) is 4.39 Å². The van der Waals surface area contributed by atoms with Gasteiger partial charge < -0.3 is 14.8 Å². The summed E-state index contributed by atoms with van der Waals surface area (Å²) >= 11 is 6.09. The lowest BCUT2D eigenvalue weighted by Crippen LogP contribution is -2.15. The van der Waals surface area contributed by atoms with Crippen LogP contribution in [0.3, 0.4) is 0 Å². The molecule has 0 saturated heterocycles. The number of nitrogens with one attached hydrogen (secondary N) is 1. The molecule has 156 valence electrons. The number of ether oxygens (including phenoxy) is 2. The maximum absolute atomic E-state index is 13.2. The Hall–Kier alpha value is -2.04. The monoisotopic (exact) mass is 417 g/mol. The average molecular weight is 418 g/mol. The lowest BCUT2D eigenvalue weighted by molar-refractivity contribution is 0.269. The van der Waals surface area contributed by atoms with Crippen molar-refractivity contribution in [2.24, 2.45) is 0 Å². The normalized spacial score (nSPS) is 13.8. The second-order valence-corrected chi connectivity index (χ2v) is 7.68. The van der Waals surface area contributed by atoms with Gasteiger partial charge in [-0.05, 0) is 75.4 Å². The van der Waals surface area contributed by atoms with Crippen molar-refractivity contribution in [1.82, 2.24) is 5.32 Å². The molecule has 0 heterocycles. The first-order valence-corrected chi connectivity index (χ1v) is 10.7. The van der Waals surface area contributed by atoms with E-state index in [-0.39, 0.29) is 12.4 Å². The lowest BCUT2D eigenvalue weighted by Gasteiger charge is -2.15. The van der Waals surface area contributed by atoms with Gasteiger partial charge in [0.2, 0.25) is 0 Å². The number of hydrogen-bond acceptors (Lipinski definition) is 3. The SMILES string of the molecule is CCOc1cc(CNCCC2=CCCCC2)ccc1OCc1ccc(F)cc1Cl. The molecule has 1 aliphatic rings. The van der Waals surface area contributed by atoms with Crippen LogP contribution < -0.4 is 14.8 Å². The summed E-state index contributed by atoms with van der Waals surface area (Å²) in [5, 5.41) is 3.88. The molecule has 2 aromatic carbocycles. The predicted molar refractivity (Wildman–Crippen MR) is 116 cm³/mol. The fourth-order valence-electron chi connectivity index (χ4n) is 3.46. The summed E-state index contributed by atoms with van der Waals surface area (Å²) in [4.78, 5) is 0. The molecule has 0 bridgehead atoms. The highest BCUT2D eigenvalue weighted by molar-refractivity contribution is 6.31.